The smallest absolute Gasteiger partial charge is 0.408 e. The molecule has 0 aliphatic heterocycles. The standard InChI is InChI=1S/C23H29N3O5/c1-5-30-19-12-8-17(9-13-19)21(28)24-14-16-6-10-18(11-7-16)26-20(27)15-25-22(29)31-23(2,3)4/h6-13H,5,14-15H2,1-4H3,(H,24,28)(H,25,29)(H,26,27). The zero-order valence-electron chi connectivity index (χ0n) is 18.3. The first-order chi connectivity index (χ1) is 14.7. The Bertz CT molecular complexity index is 887. The fourth-order valence-electron chi connectivity index (χ4n) is 2.53. The van der Waals surface area contributed by atoms with Crippen molar-refractivity contribution in [2.24, 2.45) is 0 Å². The van der Waals surface area contributed by atoms with Gasteiger partial charge < -0.3 is 25.4 Å². The van der Waals surface area contributed by atoms with Crippen LogP contribution in [-0.2, 0) is 16.1 Å². The molecule has 0 saturated heterocycles. The lowest BCUT2D eigenvalue weighted by atomic mass is 10.1. The lowest BCUT2D eigenvalue weighted by molar-refractivity contribution is -0.115. The molecule has 2 aromatic rings. The van der Waals surface area contributed by atoms with Crippen molar-refractivity contribution in [1.82, 2.24) is 10.6 Å². The summed E-state index contributed by atoms with van der Waals surface area (Å²) in [7, 11) is 0. The summed E-state index contributed by atoms with van der Waals surface area (Å²) in [4.78, 5) is 35.8. The lowest BCUT2D eigenvalue weighted by Gasteiger charge is -2.19. The summed E-state index contributed by atoms with van der Waals surface area (Å²) in [6.45, 7) is 7.86. The first-order valence-corrected chi connectivity index (χ1v) is 10.0. The van der Waals surface area contributed by atoms with E-state index in [2.05, 4.69) is 16.0 Å². The van der Waals surface area contributed by atoms with Crippen LogP contribution in [0.3, 0.4) is 0 Å². The number of rotatable bonds is 8. The Kier molecular flexibility index (Phi) is 8.43. The van der Waals surface area contributed by atoms with E-state index >= 15 is 0 Å². The molecule has 0 aliphatic carbocycles. The van der Waals surface area contributed by atoms with Gasteiger partial charge in [0.2, 0.25) is 5.91 Å². The van der Waals surface area contributed by atoms with Crippen LogP contribution in [0.25, 0.3) is 0 Å². The molecule has 0 saturated carbocycles. The molecule has 0 radical (unpaired) electrons. The van der Waals surface area contributed by atoms with Crippen molar-refractivity contribution >= 4 is 23.6 Å². The maximum absolute atomic E-state index is 12.3. The Balaban J connectivity index is 1.77. The second-order valence-electron chi connectivity index (χ2n) is 7.74. The third-order valence-electron chi connectivity index (χ3n) is 3.91. The second kappa shape index (κ2) is 11.0. The van der Waals surface area contributed by atoms with E-state index in [0.717, 1.165) is 11.3 Å². The Morgan fingerprint density at radius 1 is 0.903 bits per heavy atom. The highest BCUT2D eigenvalue weighted by Crippen LogP contribution is 2.13. The van der Waals surface area contributed by atoms with Crippen LogP contribution in [0.1, 0.15) is 43.6 Å². The maximum atomic E-state index is 12.3. The summed E-state index contributed by atoms with van der Waals surface area (Å²) in [5.74, 6) is 0.161. The van der Waals surface area contributed by atoms with Gasteiger partial charge in [-0.25, -0.2) is 4.79 Å². The molecular weight excluding hydrogens is 398 g/mol. The highest BCUT2D eigenvalue weighted by molar-refractivity contribution is 5.94. The van der Waals surface area contributed by atoms with Crippen LogP contribution in [0.15, 0.2) is 48.5 Å². The third kappa shape index (κ3) is 8.77. The van der Waals surface area contributed by atoms with Gasteiger partial charge in [-0.1, -0.05) is 12.1 Å². The summed E-state index contributed by atoms with van der Waals surface area (Å²) in [5, 5.41) is 7.94. The molecule has 31 heavy (non-hydrogen) atoms. The van der Waals surface area contributed by atoms with Gasteiger partial charge in [-0.3, -0.25) is 9.59 Å². The van der Waals surface area contributed by atoms with Gasteiger partial charge in [-0.2, -0.15) is 0 Å². The molecule has 3 amide bonds. The summed E-state index contributed by atoms with van der Waals surface area (Å²) in [6.07, 6.45) is -0.652. The van der Waals surface area contributed by atoms with Crippen LogP contribution in [-0.4, -0.2) is 36.7 Å². The Morgan fingerprint density at radius 3 is 2.13 bits per heavy atom. The number of amides is 3. The summed E-state index contributed by atoms with van der Waals surface area (Å²) >= 11 is 0. The van der Waals surface area contributed by atoms with Gasteiger partial charge in [0.1, 0.15) is 17.9 Å². The number of ether oxygens (including phenoxy) is 2. The van der Waals surface area contributed by atoms with Crippen LogP contribution in [0, 0.1) is 0 Å². The van der Waals surface area contributed by atoms with E-state index in [1.165, 1.54) is 0 Å². The van der Waals surface area contributed by atoms with Gasteiger partial charge in [0.15, 0.2) is 0 Å². The molecular formula is C23H29N3O5. The van der Waals surface area contributed by atoms with Crippen molar-refractivity contribution in [1.29, 1.82) is 0 Å². The average molecular weight is 428 g/mol. The second-order valence-corrected chi connectivity index (χ2v) is 7.74. The molecule has 0 aromatic heterocycles. The highest BCUT2D eigenvalue weighted by Gasteiger charge is 2.16. The predicted octanol–water partition coefficient (Wildman–Crippen LogP) is 3.48. The average Bonchev–Trinajstić information content (AvgIpc) is 2.71. The number of hydrogen-bond donors (Lipinski definition) is 3. The molecule has 0 aliphatic rings. The summed E-state index contributed by atoms with van der Waals surface area (Å²) < 4.78 is 10.4. The van der Waals surface area contributed by atoms with E-state index in [9.17, 15) is 14.4 Å². The number of hydrogen-bond acceptors (Lipinski definition) is 5. The van der Waals surface area contributed by atoms with E-state index in [1.54, 1.807) is 69.3 Å². The Hall–Kier alpha value is -3.55. The topological polar surface area (TPSA) is 106 Å². The summed E-state index contributed by atoms with van der Waals surface area (Å²) in [5.41, 5.74) is 1.38. The minimum Gasteiger partial charge on any atom is -0.494 e. The molecule has 0 atom stereocenters. The number of alkyl carbamates (subject to hydrolysis) is 1. The first kappa shape index (κ1) is 23.7. The van der Waals surface area contributed by atoms with Crippen LogP contribution >= 0.6 is 0 Å². The molecule has 0 heterocycles. The Labute approximate surface area is 182 Å². The van der Waals surface area contributed by atoms with Gasteiger partial charge >= 0.3 is 6.09 Å². The minimum atomic E-state index is -0.652. The zero-order chi connectivity index (χ0) is 22.9. The van der Waals surface area contributed by atoms with Crippen molar-refractivity contribution in [2.75, 3.05) is 18.5 Å². The van der Waals surface area contributed by atoms with Crippen molar-refractivity contribution < 1.29 is 23.9 Å². The molecule has 0 fully saturated rings. The van der Waals surface area contributed by atoms with E-state index < -0.39 is 11.7 Å². The van der Waals surface area contributed by atoms with Gasteiger partial charge in [0, 0.05) is 17.8 Å². The SMILES string of the molecule is CCOc1ccc(C(=O)NCc2ccc(NC(=O)CNC(=O)OC(C)(C)C)cc2)cc1. The lowest BCUT2D eigenvalue weighted by Crippen LogP contribution is -2.37. The molecule has 2 rings (SSSR count). The van der Waals surface area contributed by atoms with Crippen molar-refractivity contribution in [2.45, 2.75) is 39.8 Å². The van der Waals surface area contributed by atoms with Crippen LogP contribution in [0.2, 0.25) is 0 Å². The van der Waals surface area contributed by atoms with Crippen LogP contribution in [0.4, 0.5) is 10.5 Å². The van der Waals surface area contributed by atoms with E-state index in [0.29, 0.717) is 24.4 Å². The van der Waals surface area contributed by atoms with Crippen LogP contribution in [0.5, 0.6) is 5.75 Å². The van der Waals surface area contributed by atoms with Crippen LogP contribution < -0.4 is 20.7 Å². The fraction of sp³-hybridized carbons (Fsp3) is 0.348. The third-order valence-corrected chi connectivity index (χ3v) is 3.91. The zero-order valence-corrected chi connectivity index (χ0v) is 18.3. The van der Waals surface area contributed by atoms with Gasteiger partial charge in [-0.05, 0) is 69.7 Å². The molecule has 166 valence electrons. The molecule has 3 N–H and O–H groups in total. The molecule has 8 nitrogen and oxygen atoms in total. The number of nitrogens with one attached hydrogen (secondary N) is 3. The normalized spacial score (nSPS) is 10.7. The molecule has 8 heteroatoms. The minimum absolute atomic E-state index is 0.186. The maximum Gasteiger partial charge on any atom is 0.408 e. The number of benzene rings is 2. The van der Waals surface area contributed by atoms with Crippen molar-refractivity contribution in [3.05, 3.63) is 59.7 Å². The molecule has 0 unspecified atom stereocenters. The van der Waals surface area contributed by atoms with E-state index in [-0.39, 0.29) is 18.4 Å². The van der Waals surface area contributed by atoms with Gasteiger partial charge in [0.25, 0.3) is 5.91 Å². The fourth-order valence-corrected chi connectivity index (χ4v) is 2.53. The quantitative estimate of drug-likeness (QED) is 0.598. The highest BCUT2D eigenvalue weighted by atomic mass is 16.6. The number of carbonyl (C=O) groups is 3. The number of anilines is 1. The van der Waals surface area contributed by atoms with Gasteiger partial charge in [-0.15, -0.1) is 0 Å². The first-order valence-electron chi connectivity index (χ1n) is 10.0. The summed E-state index contributed by atoms with van der Waals surface area (Å²) in [6, 6.07) is 14.0. The van der Waals surface area contributed by atoms with E-state index in [4.69, 9.17) is 9.47 Å². The van der Waals surface area contributed by atoms with E-state index in [1.807, 2.05) is 6.92 Å². The van der Waals surface area contributed by atoms with Crippen molar-refractivity contribution in [3.63, 3.8) is 0 Å². The monoisotopic (exact) mass is 427 g/mol. The number of carbonyl (C=O) groups excluding carboxylic acids is 3. The predicted molar refractivity (Wildman–Crippen MR) is 118 cm³/mol. The van der Waals surface area contributed by atoms with Gasteiger partial charge in [0.05, 0.1) is 6.61 Å². The van der Waals surface area contributed by atoms with Crippen molar-refractivity contribution in [3.8, 4) is 5.75 Å². The molecule has 2 aromatic carbocycles. The largest absolute Gasteiger partial charge is 0.494 e. The molecule has 0 spiro atoms. The Morgan fingerprint density at radius 2 is 1.55 bits per heavy atom. The molecule has 0 bridgehead atoms.